The number of carboxylic acids is 1. The topological polar surface area (TPSA) is 98.5 Å². The van der Waals surface area contributed by atoms with Gasteiger partial charge in [0.25, 0.3) is 0 Å². The van der Waals surface area contributed by atoms with Gasteiger partial charge in [0.2, 0.25) is 10.0 Å². The molecular formula is C13H13FN2O4S. The smallest absolute Gasteiger partial charge is 0.307 e. The lowest BCUT2D eigenvalue weighted by atomic mass is 10.1. The van der Waals surface area contributed by atoms with Crippen LogP contribution in [0.1, 0.15) is 17.5 Å². The van der Waals surface area contributed by atoms with Crippen LogP contribution in [0.5, 0.6) is 0 Å². The highest BCUT2D eigenvalue weighted by atomic mass is 32.2. The Morgan fingerprint density at radius 3 is 2.81 bits per heavy atom. The van der Waals surface area contributed by atoms with E-state index in [4.69, 9.17) is 10.4 Å². The number of hydrogen-bond acceptors (Lipinski definition) is 4. The highest BCUT2D eigenvalue weighted by Gasteiger charge is 2.35. The van der Waals surface area contributed by atoms with Crippen LogP contribution in [0.15, 0.2) is 18.2 Å². The van der Waals surface area contributed by atoms with Crippen LogP contribution >= 0.6 is 0 Å². The lowest BCUT2D eigenvalue weighted by Crippen LogP contribution is -2.31. The van der Waals surface area contributed by atoms with E-state index in [-0.39, 0.29) is 30.6 Å². The third kappa shape index (κ3) is 3.37. The second-order valence-electron chi connectivity index (χ2n) is 4.85. The van der Waals surface area contributed by atoms with E-state index in [2.05, 4.69) is 0 Å². The molecule has 1 N–H and O–H groups in total. The van der Waals surface area contributed by atoms with E-state index in [0.29, 0.717) is 0 Å². The summed E-state index contributed by atoms with van der Waals surface area (Å²) in [7, 11) is -3.73. The number of carboxylic acid groups (broad SMARTS) is 1. The van der Waals surface area contributed by atoms with Gasteiger partial charge < -0.3 is 5.11 Å². The second kappa shape index (κ2) is 5.79. The van der Waals surface area contributed by atoms with Gasteiger partial charge >= 0.3 is 5.97 Å². The average molecular weight is 312 g/mol. The Morgan fingerprint density at radius 1 is 1.52 bits per heavy atom. The third-order valence-electron chi connectivity index (χ3n) is 3.42. The summed E-state index contributed by atoms with van der Waals surface area (Å²) in [5.41, 5.74) is 0.172. The Bertz CT molecular complexity index is 711. The minimum absolute atomic E-state index is 0.0347. The minimum atomic E-state index is -3.73. The van der Waals surface area contributed by atoms with E-state index in [9.17, 15) is 17.6 Å². The van der Waals surface area contributed by atoms with Gasteiger partial charge in [-0.1, -0.05) is 6.07 Å². The number of hydrogen-bond donors (Lipinski definition) is 1. The maximum Gasteiger partial charge on any atom is 0.307 e. The predicted molar refractivity (Wildman–Crippen MR) is 71.1 cm³/mol. The molecule has 0 aliphatic carbocycles. The van der Waals surface area contributed by atoms with Gasteiger partial charge in [-0.05, 0) is 24.1 Å². The first-order chi connectivity index (χ1) is 9.83. The molecule has 0 amide bonds. The van der Waals surface area contributed by atoms with Gasteiger partial charge in [-0.2, -0.15) is 5.26 Å². The Balaban J connectivity index is 2.20. The molecule has 1 aliphatic rings. The maximum atomic E-state index is 13.0. The molecule has 1 aliphatic heterocycles. The molecule has 0 radical (unpaired) electrons. The second-order valence-corrected chi connectivity index (χ2v) is 6.82. The Hall–Kier alpha value is -1.98. The number of nitrogens with zero attached hydrogens (tertiary/aromatic N) is 2. The summed E-state index contributed by atoms with van der Waals surface area (Å²) in [5.74, 6) is -2.78. The van der Waals surface area contributed by atoms with Crippen molar-refractivity contribution in [3.63, 3.8) is 0 Å². The van der Waals surface area contributed by atoms with Gasteiger partial charge in [-0.15, -0.1) is 0 Å². The molecule has 21 heavy (non-hydrogen) atoms. The zero-order valence-corrected chi connectivity index (χ0v) is 11.8. The zero-order chi connectivity index (χ0) is 15.6. The van der Waals surface area contributed by atoms with E-state index in [0.717, 1.165) is 16.4 Å². The highest BCUT2D eigenvalue weighted by molar-refractivity contribution is 7.88. The van der Waals surface area contributed by atoms with Crippen LogP contribution in [0.3, 0.4) is 0 Å². The molecule has 0 spiro atoms. The first kappa shape index (κ1) is 15.4. The van der Waals surface area contributed by atoms with Crippen LogP contribution in [0.25, 0.3) is 0 Å². The normalized spacial score (nSPS) is 19.3. The predicted octanol–water partition coefficient (Wildman–Crippen LogP) is 0.934. The number of sulfonamides is 1. The SMILES string of the molecule is N#Cc1cc(F)ccc1CS(=O)(=O)N1CCC(C(=O)O)C1. The number of nitriles is 1. The van der Waals surface area contributed by atoms with Gasteiger partial charge in [0, 0.05) is 13.1 Å². The number of carbonyl (C=O) groups is 1. The molecule has 1 aromatic rings. The van der Waals surface area contributed by atoms with Crippen LogP contribution in [0.2, 0.25) is 0 Å². The first-order valence-electron chi connectivity index (χ1n) is 6.22. The van der Waals surface area contributed by atoms with Crippen LogP contribution in [0.4, 0.5) is 4.39 Å². The fraction of sp³-hybridized carbons (Fsp3) is 0.385. The van der Waals surface area contributed by atoms with Crippen LogP contribution in [-0.4, -0.2) is 36.9 Å². The van der Waals surface area contributed by atoms with Crippen molar-refractivity contribution in [3.05, 3.63) is 35.1 Å². The molecule has 6 nitrogen and oxygen atoms in total. The monoisotopic (exact) mass is 312 g/mol. The lowest BCUT2D eigenvalue weighted by Gasteiger charge is -2.16. The number of halogens is 1. The molecule has 0 bridgehead atoms. The van der Waals surface area contributed by atoms with Crippen molar-refractivity contribution in [1.82, 2.24) is 4.31 Å². The summed E-state index contributed by atoms with van der Waals surface area (Å²) in [4.78, 5) is 10.9. The summed E-state index contributed by atoms with van der Waals surface area (Å²) in [5, 5.41) is 17.8. The van der Waals surface area contributed by atoms with E-state index < -0.39 is 33.5 Å². The van der Waals surface area contributed by atoms with Gasteiger partial charge in [0.15, 0.2) is 0 Å². The molecule has 1 atom stereocenters. The average Bonchev–Trinajstić information content (AvgIpc) is 2.91. The van der Waals surface area contributed by atoms with Crippen molar-refractivity contribution in [2.24, 2.45) is 5.92 Å². The Morgan fingerprint density at radius 2 is 2.24 bits per heavy atom. The summed E-state index contributed by atoms with van der Waals surface area (Å²) in [6.07, 6.45) is 0.267. The zero-order valence-electron chi connectivity index (χ0n) is 11.0. The molecule has 0 aromatic heterocycles. The van der Waals surface area contributed by atoms with Crippen LogP contribution in [-0.2, 0) is 20.6 Å². The van der Waals surface area contributed by atoms with E-state index in [1.165, 1.54) is 6.07 Å². The molecule has 2 rings (SSSR count). The van der Waals surface area contributed by atoms with E-state index in [1.807, 2.05) is 0 Å². The molecule has 1 unspecified atom stereocenters. The van der Waals surface area contributed by atoms with Gasteiger partial charge in [0.05, 0.1) is 23.3 Å². The van der Waals surface area contributed by atoms with E-state index in [1.54, 1.807) is 6.07 Å². The summed E-state index contributed by atoms with van der Waals surface area (Å²) < 4.78 is 38.6. The number of rotatable bonds is 4. The molecule has 8 heteroatoms. The van der Waals surface area contributed by atoms with Crippen molar-refractivity contribution in [3.8, 4) is 6.07 Å². The fourth-order valence-electron chi connectivity index (χ4n) is 2.25. The quantitative estimate of drug-likeness (QED) is 0.892. The van der Waals surface area contributed by atoms with Crippen molar-refractivity contribution in [2.45, 2.75) is 12.2 Å². The van der Waals surface area contributed by atoms with Gasteiger partial charge in [0.1, 0.15) is 5.82 Å². The van der Waals surface area contributed by atoms with Crippen molar-refractivity contribution in [1.29, 1.82) is 5.26 Å². The van der Waals surface area contributed by atoms with Gasteiger partial charge in [-0.3, -0.25) is 4.79 Å². The Kier molecular flexibility index (Phi) is 4.25. The molecule has 112 valence electrons. The number of benzene rings is 1. The molecular weight excluding hydrogens is 299 g/mol. The standard InChI is InChI=1S/C13H13FN2O4S/c14-12-2-1-10(11(5-12)6-15)8-21(19,20)16-4-3-9(7-16)13(17)18/h1-2,5,9H,3-4,7-8H2,(H,17,18). The van der Waals surface area contributed by atoms with Crippen LogP contribution in [0, 0.1) is 23.1 Å². The number of aliphatic carboxylic acids is 1. The first-order valence-corrected chi connectivity index (χ1v) is 7.83. The maximum absolute atomic E-state index is 13.0. The van der Waals surface area contributed by atoms with Crippen molar-refractivity contribution in [2.75, 3.05) is 13.1 Å². The lowest BCUT2D eigenvalue weighted by molar-refractivity contribution is -0.141. The largest absolute Gasteiger partial charge is 0.481 e. The molecule has 1 heterocycles. The summed E-state index contributed by atoms with van der Waals surface area (Å²) >= 11 is 0. The summed E-state index contributed by atoms with van der Waals surface area (Å²) in [6, 6.07) is 5.09. The molecule has 1 aromatic carbocycles. The van der Waals surface area contributed by atoms with Gasteiger partial charge in [-0.25, -0.2) is 17.1 Å². The Labute approximate surface area is 121 Å². The van der Waals surface area contributed by atoms with Crippen LogP contribution < -0.4 is 0 Å². The molecule has 1 saturated heterocycles. The highest BCUT2D eigenvalue weighted by Crippen LogP contribution is 2.23. The van der Waals surface area contributed by atoms with E-state index >= 15 is 0 Å². The molecule has 0 saturated carbocycles. The fourth-order valence-corrected chi connectivity index (χ4v) is 3.87. The van der Waals surface area contributed by atoms with Crippen molar-refractivity contribution < 1.29 is 22.7 Å². The third-order valence-corrected chi connectivity index (χ3v) is 5.22. The summed E-state index contributed by atoms with van der Waals surface area (Å²) in [6.45, 7) is 0.0725. The van der Waals surface area contributed by atoms with Crippen molar-refractivity contribution >= 4 is 16.0 Å². The molecule has 1 fully saturated rings. The minimum Gasteiger partial charge on any atom is -0.481 e.